The van der Waals surface area contributed by atoms with Crippen LogP contribution in [-0.2, 0) is 6.18 Å². The Kier molecular flexibility index (Phi) is 4.19. The largest absolute Gasteiger partial charge is 0.433 e. The minimum Gasteiger partial charge on any atom is -0.338 e. The van der Waals surface area contributed by atoms with Crippen molar-refractivity contribution in [2.24, 2.45) is 0 Å². The summed E-state index contributed by atoms with van der Waals surface area (Å²) in [7, 11) is 0. The van der Waals surface area contributed by atoms with E-state index in [-0.39, 0.29) is 16.5 Å². The monoisotopic (exact) mass is 368 g/mol. The highest BCUT2D eigenvalue weighted by atomic mass is 79.9. The summed E-state index contributed by atoms with van der Waals surface area (Å²) in [6, 6.07) is 5.99. The van der Waals surface area contributed by atoms with E-state index in [9.17, 15) is 17.6 Å². The molecule has 0 aliphatic carbocycles. The Morgan fingerprint density at radius 1 is 1.15 bits per heavy atom. The number of alkyl halides is 3. The van der Waals surface area contributed by atoms with Crippen molar-refractivity contribution in [3.8, 4) is 0 Å². The molecule has 1 aromatic heterocycles. The molecule has 0 saturated carbocycles. The van der Waals surface area contributed by atoms with Crippen LogP contribution < -0.4 is 5.32 Å². The molecule has 2 nitrogen and oxygen atoms in total. The zero-order valence-corrected chi connectivity index (χ0v) is 11.9. The maximum absolute atomic E-state index is 13.3. The Bertz CT molecular complexity index is 646. The molecule has 0 spiro atoms. The molecule has 2 rings (SSSR count). The molecule has 2 aromatic rings. The van der Waals surface area contributed by atoms with Crippen LogP contribution in [0.1, 0.15) is 5.69 Å². The average molecular weight is 370 g/mol. The van der Waals surface area contributed by atoms with Gasteiger partial charge in [-0.05, 0) is 40.2 Å². The van der Waals surface area contributed by atoms with Gasteiger partial charge in [0.2, 0.25) is 0 Å². The van der Waals surface area contributed by atoms with E-state index in [0.29, 0.717) is 4.47 Å². The number of hydrogen-bond acceptors (Lipinski definition) is 2. The Balaban J connectivity index is 2.41. The second-order valence-electron chi connectivity index (χ2n) is 3.75. The van der Waals surface area contributed by atoms with Gasteiger partial charge in [0.1, 0.15) is 17.3 Å². The maximum Gasteiger partial charge on any atom is 0.433 e. The van der Waals surface area contributed by atoms with Gasteiger partial charge in [-0.25, -0.2) is 9.37 Å². The number of pyridine rings is 1. The lowest BCUT2D eigenvalue weighted by atomic mass is 10.3. The van der Waals surface area contributed by atoms with Gasteiger partial charge in [-0.2, -0.15) is 13.2 Å². The number of halogens is 6. The molecular weight excluding hydrogens is 363 g/mol. The summed E-state index contributed by atoms with van der Waals surface area (Å²) in [5, 5.41) is 2.34. The lowest BCUT2D eigenvalue weighted by Gasteiger charge is -2.12. The number of benzene rings is 1. The molecule has 0 fully saturated rings. The van der Waals surface area contributed by atoms with Crippen molar-refractivity contribution in [3.63, 3.8) is 0 Å². The summed E-state index contributed by atoms with van der Waals surface area (Å²) in [5.74, 6) is -0.785. The summed E-state index contributed by atoms with van der Waals surface area (Å²) in [6.07, 6.45) is -4.57. The van der Waals surface area contributed by atoms with Crippen LogP contribution in [0.15, 0.2) is 34.8 Å². The second-order valence-corrected chi connectivity index (χ2v) is 4.98. The first-order valence-electron chi connectivity index (χ1n) is 5.24. The van der Waals surface area contributed by atoms with Crippen LogP contribution in [0.5, 0.6) is 0 Å². The average Bonchev–Trinajstić information content (AvgIpc) is 2.36. The Morgan fingerprint density at radius 3 is 2.50 bits per heavy atom. The van der Waals surface area contributed by atoms with Gasteiger partial charge in [0, 0.05) is 0 Å². The molecule has 0 saturated heterocycles. The maximum atomic E-state index is 13.3. The van der Waals surface area contributed by atoms with Crippen LogP contribution in [0.25, 0.3) is 0 Å². The molecule has 20 heavy (non-hydrogen) atoms. The minimum absolute atomic E-state index is 0.104. The van der Waals surface area contributed by atoms with Gasteiger partial charge in [0.05, 0.1) is 15.2 Å². The van der Waals surface area contributed by atoms with E-state index < -0.39 is 17.7 Å². The normalized spacial score (nSPS) is 11.5. The van der Waals surface area contributed by atoms with E-state index in [1.54, 1.807) is 0 Å². The number of nitrogens with one attached hydrogen (secondary N) is 1. The lowest BCUT2D eigenvalue weighted by Crippen LogP contribution is -2.09. The fraction of sp³-hybridized carbons (Fsp3) is 0.0833. The van der Waals surface area contributed by atoms with Crippen molar-refractivity contribution in [2.45, 2.75) is 6.18 Å². The SMILES string of the molecule is Fc1cccc(Nc2nc(C(F)(F)F)ccc2Br)c1Cl. The van der Waals surface area contributed by atoms with E-state index in [2.05, 4.69) is 26.2 Å². The number of rotatable bonds is 2. The highest BCUT2D eigenvalue weighted by Gasteiger charge is 2.33. The summed E-state index contributed by atoms with van der Waals surface area (Å²) >= 11 is 8.79. The van der Waals surface area contributed by atoms with E-state index in [1.165, 1.54) is 18.2 Å². The third-order valence-electron chi connectivity index (χ3n) is 2.34. The molecule has 1 N–H and O–H groups in total. The van der Waals surface area contributed by atoms with E-state index in [0.717, 1.165) is 12.1 Å². The predicted molar refractivity (Wildman–Crippen MR) is 71.6 cm³/mol. The zero-order valence-electron chi connectivity index (χ0n) is 9.60. The smallest absolute Gasteiger partial charge is 0.338 e. The third-order valence-corrected chi connectivity index (χ3v) is 3.37. The van der Waals surface area contributed by atoms with Crippen LogP contribution in [0.2, 0.25) is 5.02 Å². The van der Waals surface area contributed by atoms with Gasteiger partial charge in [-0.1, -0.05) is 17.7 Å². The number of hydrogen-bond donors (Lipinski definition) is 1. The van der Waals surface area contributed by atoms with E-state index in [1.807, 2.05) is 0 Å². The predicted octanol–water partition coefficient (Wildman–Crippen LogP) is 5.40. The quantitative estimate of drug-likeness (QED) is 0.717. The molecule has 1 heterocycles. The van der Waals surface area contributed by atoms with Crippen molar-refractivity contribution in [1.82, 2.24) is 4.98 Å². The van der Waals surface area contributed by atoms with Crippen molar-refractivity contribution < 1.29 is 17.6 Å². The summed E-state index contributed by atoms with van der Waals surface area (Å²) in [6.45, 7) is 0. The van der Waals surface area contributed by atoms with Crippen molar-refractivity contribution >= 4 is 39.0 Å². The summed E-state index contributed by atoms with van der Waals surface area (Å²) in [5.41, 5.74) is -0.935. The molecular formula is C12H6BrClF4N2. The van der Waals surface area contributed by atoms with Crippen LogP contribution in [0, 0.1) is 5.82 Å². The fourth-order valence-electron chi connectivity index (χ4n) is 1.42. The zero-order chi connectivity index (χ0) is 14.9. The standard InChI is InChI=1S/C12H6BrClF4N2/c13-6-4-5-9(12(16,17)18)20-11(6)19-8-3-1-2-7(15)10(8)14/h1-5H,(H,19,20). The Labute approximate surface area is 124 Å². The molecule has 0 amide bonds. The van der Waals surface area contributed by atoms with Crippen LogP contribution in [0.3, 0.4) is 0 Å². The molecule has 0 unspecified atom stereocenters. The van der Waals surface area contributed by atoms with Gasteiger partial charge in [0.25, 0.3) is 0 Å². The summed E-state index contributed by atoms with van der Waals surface area (Å²) in [4.78, 5) is 3.45. The first-order valence-corrected chi connectivity index (χ1v) is 6.41. The number of aromatic nitrogens is 1. The molecule has 0 aliphatic heterocycles. The molecule has 0 atom stereocenters. The third kappa shape index (κ3) is 3.21. The highest BCUT2D eigenvalue weighted by Crippen LogP contribution is 2.34. The van der Waals surface area contributed by atoms with Crippen molar-refractivity contribution in [2.75, 3.05) is 5.32 Å². The first-order chi connectivity index (χ1) is 9.29. The molecule has 8 heteroatoms. The van der Waals surface area contributed by atoms with E-state index in [4.69, 9.17) is 11.6 Å². The van der Waals surface area contributed by atoms with E-state index >= 15 is 0 Å². The lowest BCUT2D eigenvalue weighted by molar-refractivity contribution is -0.141. The van der Waals surface area contributed by atoms with Crippen molar-refractivity contribution in [3.05, 3.63) is 51.3 Å². The van der Waals surface area contributed by atoms with Crippen LogP contribution >= 0.6 is 27.5 Å². The molecule has 0 bridgehead atoms. The van der Waals surface area contributed by atoms with Gasteiger partial charge in [-0.3, -0.25) is 0 Å². The molecule has 106 valence electrons. The first kappa shape index (κ1) is 15.1. The Hall–Kier alpha value is -1.34. The van der Waals surface area contributed by atoms with Gasteiger partial charge < -0.3 is 5.32 Å². The minimum atomic E-state index is -4.57. The molecule has 0 radical (unpaired) electrons. The van der Waals surface area contributed by atoms with Crippen LogP contribution in [0.4, 0.5) is 29.1 Å². The topological polar surface area (TPSA) is 24.9 Å². The summed E-state index contributed by atoms with van der Waals surface area (Å²) < 4.78 is 51.3. The number of nitrogens with zero attached hydrogens (tertiary/aromatic N) is 1. The molecule has 1 aromatic carbocycles. The van der Waals surface area contributed by atoms with Gasteiger partial charge >= 0.3 is 6.18 Å². The molecule has 0 aliphatic rings. The van der Waals surface area contributed by atoms with Crippen LogP contribution in [-0.4, -0.2) is 4.98 Å². The van der Waals surface area contributed by atoms with Crippen molar-refractivity contribution in [1.29, 1.82) is 0 Å². The second kappa shape index (κ2) is 5.57. The van der Waals surface area contributed by atoms with Gasteiger partial charge in [0.15, 0.2) is 0 Å². The number of anilines is 2. The highest BCUT2D eigenvalue weighted by molar-refractivity contribution is 9.10. The fourth-order valence-corrected chi connectivity index (χ4v) is 1.91. The Morgan fingerprint density at radius 2 is 1.85 bits per heavy atom. The van der Waals surface area contributed by atoms with Gasteiger partial charge in [-0.15, -0.1) is 0 Å².